The molecule has 1 amide bonds. The quantitative estimate of drug-likeness (QED) is 0.251. The summed E-state index contributed by atoms with van der Waals surface area (Å²) in [5, 5.41) is 0.577. The summed E-state index contributed by atoms with van der Waals surface area (Å²) in [6, 6.07) is 19.2. The Bertz CT molecular complexity index is 1350. The number of carbonyl (C=O) groups excluding carboxylic acids is 2. The highest BCUT2D eigenvalue weighted by Crippen LogP contribution is 2.32. The zero-order valence-corrected chi connectivity index (χ0v) is 21.6. The van der Waals surface area contributed by atoms with E-state index in [1.165, 1.54) is 4.90 Å². The van der Waals surface area contributed by atoms with Crippen LogP contribution in [-0.4, -0.2) is 37.5 Å². The third-order valence-electron chi connectivity index (χ3n) is 5.47. The zero-order valence-electron chi connectivity index (χ0n) is 20.9. The monoisotopic (exact) mass is 518 g/mol. The molecule has 0 bridgehead atoms. The number of anilines is 1. The number of benzene rings is 3. The van der Waals surface area contributed by atoms with Crippen molar-refractivity contribution in [2.24, 2.45) is 4.99 Å². The molecule has 3 aromatic carbocycles. The number of ether oxygens (including phenoxy) is 3. The molecular formula is C29H27ClN2O5. The molecular weight excluding hydrogens is 492 g/mol. The predicted molar refractivity (Wildman–Crippen MR) is 145 cm³/mol. The number of amidine groups is 1. The summed E-state index contributed by atoms with van der Waals surface area (Å²) in [7, 11) is 0. The average Bonchev–Trinajstić information content (AvgIpc) is 3.22. The number of esters is 1. The third kappa shape index (κ3) is 5.84. The molecule has 8 heteroatoms. The van der Waals surface area contributed by atoms with Crippen molar-refractivity contribution in [3.05, 3.63) is 94.1 Å². The minimum atomic E-state index is -0.422. The van der Waals surface area contributed by atoms with Crippen LogP contribution in [0.5, 0.6) is 11.5 Å². The molecule has 190 valence electrons. The highest BCUT2D eigenvalue weighted by molar-refractivity contribution is 6.34. The van der Waals surface area contributed by atoms with E-state index >= 15 is 0 Å². The minimum absolute atomic E-state index is 0.256. The molecule has 0 aromatic heterocycles. The SMILES string of the molecule is CCOC(=O)c1ccc(N2C(=O)/C(=C\c3ccc(OCC)c(OCC)c3)N=C2c2ccc(Cl)cc2)cc1. The fraction of sp³-hybridized carbons (Fsp3) is 0.207. The molecule has 0 N–H and O–H groups in total. The number of halogens is 1. The highest BCUT2D eigenvalue weighted by atomic mass is 35.5. The molecule has 0 atom stereocenters. The summed E-state index contributed by atoms with van der Waals surface area (Å²) in [5.74, 6) is 0.957. The molecule has 1 heterocycles. The predicted octanol–water partition coefficient (Wildman–Crippen LogP) is 6.15. The van der Waals surface area contributed by atoms with Gasteiger partial charge in [-0.1, -0.05) is 17.7 Å². The van der Waals surface area contributed by atoms with Crippen LogP contribution >= 0.6 is 11.6 Å². The summed E-state index contributed by atoms with van der Waals surface area (Å²) < 4.78 is 16.4. The van der Waals surface area contributed by atoms with Crippen LogP contribution in [0.25, 0.3) is 6.08 Å². The Hall–Kier alpha value is -4.10. The average molecular weight is 519 g/mol. The van der Waals surface area contributed by atoms with Gasteiger partial charge in [0.25, 0.3) is 5.91 Å². The van der Waals surface area contributed by atoms with E-state index in [0.29, 0.717) is 46.8 Å². The summed E-state index contributed by atoms with van der Waals surface area (Å²) in [6.45, 7) is 6.83. The Morgan fingerprint density at radius 3 is 2.22 bits per heavy atom. The molecule has 0 saturated heterocycles. The molecule has 3 aromatic rings. The van der Waals surface area contributed by atoms with Crippen LogP contribution in [0, 0.1) is 0 Å². The van der Waals surface area contributed by atoms with E-state index < -0.39 is 5.97 Å². The smallest absolute Gasteiger partial charge is 0.338 e. The number of nitrogens with zero attached hydrogens (tertiary/aromatic N) is 2. The molecule has 0 saturated carbocycles. The Kier molecular flexibility index (Phi) is 8.25. The first-order chi connectivity index (χ1) is 17.9. The molecule has 7 nitrogen and oxygen atoms in total. The van der Waals surface area contributed by atoms with E-state index in [2.05, 4.69) is 0 Å². The maximum atomic E-state index is 13.6. The van der Waals surface area contributed by atoms with Crippen molar-refractivity contribution >= 4 is 41.1 Å². The fourth-order valence-corrected chi connectivity index (χ4v) is 3.95. The molecule has 1 aliphatic heterocycles. The van der Waals surface area contributed by atoms with E-state index in [1.54, 1.807) is 61.5 Å². The van der Waals surface area contributed by atoms with Gasteiger partial charge in [0.2, 0.25) is 0 Å². The van der Waals surface area contributed by atoms with Gasteiger partial charge >= 0.3 is 5.97 Å². The van der Waals surface area contributed by atoms with Gasteiger partial charge in [-0.2, -0.15) is 0 Å². The molecule has 1 aliphatic rings. The number of amides is 1. The lowest BCUT2D eigenvalue weighted by atomic mass is 10.1. The first-order valence-electron chi connectivity index (χ1n) is 12.0. The Morgan fingerprint density at radius 2 is 1.57 bits per heavy atom. The minimum Gasteiger partial charge on any atom is -0.490 e. The Labute approximate surface area is 220 Å². The van der Waals surface area contributed by atoms with E-state index in [4.69, 9.17) is 30.8 Å². The standard InChI is InChI=1S/C29H27ClN2O5/c1-4-35-25-16-7-19(18-26(25)36-5-2)17-24-28(33)32(27(31-24)20-8-12-22(30)13-9-20)23-14-10-21(11-15-23)29(34)37-6-3/h7-18H,4-6H2,1-3H3/b24-17+. The lowest BCUT2D eigenvalue weighted by Crippen LogP contribution is -2.32. The van der Waals surface area contributed by atoms with Crippen LogP contribution in [0.15, 0.2) is 77.4 Å². The van der Waals surface area contributed by atoms with Crippen molar-refractivity contribution in [1.82, 2.24) is 0 Å². The molecule has 0 fully saturated rings. The lowest BCUT2D eigenvalue weighted by Gasteiger charge is -2.19. The molecule has 0 spiro atoms. The van der Waals surface area contributed by atoms with Crippen molar-refractivity contribution in [3.8, 4) is 11.5 Å². The summed E-state index contributed by atoms with van der Waals surface area (Å²) in [5.41, 5.74) is 2.69. The van der Waals surface area contributed by atoms with Crippen LogP contribution in [0.2, 0.25) is 5.02 Å². The number of aliphatic imine (C=N–C) groups is 1. The van der Waals surface area contributed by atoms with Gasteiger partial charge < -0.3 is 14.2 Å². The second-order valence-electron chi connectivity index (χ2n) is 7.95. The Morgan fingerprint density at radius 1 is 0.892 bits per heavy atom. The second-order valence-corrected chi connectivity index (χ2v) is 8.39. The maximum Gasteiger partial charge on any atom is 0.338 e. The number of hydrogen-bond acceptors (Lipinski definition) is 6. The first kappa shape index (κ1) is 26.0. The Balaban J connectivity index is 1.74. The first-order valence-corrected chi connectivity index (χ1v) is 12.4. The van der Waals surface area contributed by atoms with Gasteiger partial charge in [0, 0.05) is 10.6 Å². The van der Waals surface area contributed by atoms with Gasteiger partial charge in [0.05, 0.1) is 31.1 Å². The normalized spacial score (nSPS) is 14.1. The molecule has 0 radical (unpaired) electrons. The van der Waals surface area contributed by atoms with Crippen molar-refractivity contribution in [1.29, 1.82) is 0 Å². The van der Waals surface area contributed by atoms with Crippen LogP contribution in [0.3, 0.4) is 0 Å². The van der Waals surface area contributed by atoms with Crippen LogP contribution < -0.4 is 14.4 Å². The molecule has 37 heavy (non-hydrogen) atoms. The van der Waals surface area contributed by atoms with Gasteiger partial charge in [0.1, 0.15) is 11.5 Å². The van der Waals surface area contributed by atoms with Crippen LogP contribution in [-0.2, 0) is 9.53 Å². The molecule has 0 unspecified atom stereocenters. The number of rotatable bonds is 9. The highest BCUT2D eigenvalue weighted by Gasteiger charge is 2.32. The maximum absolute atomic E-state index is 13.6. The topological polar surface area (TPSA) is 77.4 Å². The second kappa shape index (κ2) is 11.8. The summed E-state index contributed by atoms with van der Waals surface area (Å²) >= 11 is 6.09. The van der Waals surface area contributed by atoms with E-state index in [9.17, 15) is 9.59 Å². The van der Waals surface area contributed by atoms with E-state index in [-0.39, 0.29) is 18.2 Å². The zero-order chi connectivity index (χ0) is 26.4. The van der Waals surface area contributed by atoms with Crippen molar-refractivity contribution in [3.63, 3.8) is 0 Å². The van der Waals surface area contributed by atoms with Crippen molar-refractivity contribution in [2.45, 2.75) is 20.8 Å². The van der Waals surface area contributed by atoms with Crippen molar-refractivity contribution < 1.29 is 23.8 Å². The van der Waals surface area contributed by atoms with E-state index in [0.717, 1.165) is 11.1 Å². The van der Waals surface area contributed by atoms with Gasteiger partial charge in [0.15, 0.2) is 11.5 Å². The van der Waals surface area contributed by atoms with Crippen LogP contribution in [0.4, 0.5) is 5.69 Å². The van der Waals surface area contributed by atoms with Gasteiger partial charge in [-0.3, -0.25) is 9.69 Å². The lowest BCUT2D eigenvalue weighted by molar-refractivity contribution is -0.113. The molecule has 0 aliphatic carbocycles. The summed E-state index contributed by atoms with van der Waals surface area (Å²) in [4.78, 5) is 31.9. The fourth-order valence-electron chi connectivity index (χ4n) is 3.83. The van der Waals surface area contributed by atoms with Gasteiger partial charge in [-0.25, -0.2) is 9.79 Å². The van der Waals surface area contributed by atoms with Gasteiger partial charge in [-0.05, 0) is 93.1 Å². The number of carbonyl (C=O) groups is 2. The summed E-state index contributed by atoms with van der Waals surface area (Å²) in [6.07, 6.45) is 1.71. The van der Waals surface area contributed by atoms with E-state index in [1.807, 2.05) is 32.0 Å². The third-order valence-corrected chi connectivity index (χ3v) is 5.72. The van der Waals surface area contributed by atoms with Gasteiger partial charge in [-0.15, -0.1) is 0 Å². The largest absolute Gasteiger partial charge is 0.490 e. The van der Waals surface area contributed by atoms with Crippen molar-refractivity contribution in [2.75, 3.05) is 24.7 Å². The number of hydrogen-bond donors (Lipinski definition) is 0. The van der Waals surface area contributed by atoms with Crippen LogP contribution in [0.1, 0.15) is 42.3 Å². The molecule has 4 rings (SSSR count).